The summed E-state index contributed by atoms with van der Waals surface area (Å²) in [5.74, 6) is -0.0719. The normalized spacial score (nSPS) is 16.9. The van der Waals surface area contributed by atoms with Gasteiger partial charge in [0.2, 0.25) is 0 Å². The first kappa shape index (κ1) is 14.8. The van der Waals surface area contributed by atoms with Crippen molar-refractivity contribution in [1.29, 1.82) is 0 Å². The topological polar surface area (TPSA) is 102 Å². The van der Waals surface area contributed by atoms with Crippen molar-refractivity contribution >= 4 is 15.9 Å². The summed E-state index contributed by atoms with van der Waals surface area (Å²) in [7, 11) is -3.56. The fourth-order valence-electron chi connectivity index (χ4n) is 2.50. The third-order valence-electron chi connectivity index (χ3n) is 3.80. The molecule has 0 radical (unpaired) electrons. The first-order chi connectivity index (χ1) is 10.5. The molecule has 1 fully saturated rings. The van der Waals surface area contributed by atoms with Crippen LogP contribution in [0.4, 0.5) is 0 Å². The molecular weight excluding hydrogens is 306 g/mol. The van der Waals surface area contributed by atoms with Gasteiger partial charge >= 0.3 is 0 Å². The monoisotopic (exact) mass is 323 g/mol. The molecule has 1 aliphatic rings. The number of aryl methyl sites for hydroxylation is 1. The minimum atomic E-state index is -3.56. The summed E-state index contributed by atoms with van der Waals surface area (Å²) in [6.07, 6.45) is 4.85. The summed E-state index contributed by atoms with van der Waals surface area (Å²) in [5.41, 5.74) is 1.52. The van der Waals surface area contributed by atoms with E-state index in [0.29, 0.717) is 18.7 Å². The highest BCUT2D eigenvalue weighted by Crippen LogP contribution is 2.17. The first-order valence-electron chi connectivity index (χ1n) is 6.92. The molecule has 0 saturated carbocycles. The summed E-state index contributed by atoms with van der Waals surface area (Å²) in [6.45, 7) is 3.16. The van der Waals surface area contributed by atoms with Gasteiger partial charge in [0.1, 0.15) is 0 Å². The fraction of sp³-hybridized carbons (Fsp3) is 0.385. The van der Waals surface area contributed by atoms with Crippen LogP contribution in [-0.4, -0.2) is 64.9 Å². The van der Waals surface area contributed by atoms with Gasteiger partial charge in [0, 0.05) is 38.6 Å². The maximum absolute atomic E-state index is 12.4. The SMILES string of the molecule is Cc1c[nH]cc1C(=O)N1CCN(S(=O)(=O)c2ccn[nH]2)CC1. The zero-order valence-electron chi connectivity index (χ0n) is 12.1. The lowest BCUT2D eigenvalue weighted by Crippen LogP contribution is -2.50. The molecule has 1 amide bonds. The summed E-state index contributed by atoms with van der Waals surface area (Å²) in [6, 6.07) is 1.43. The molecule has 0 bridgehead atoms. The number of H-pyrrole nitrogens is 2. The van der Waals surface area contributed by atoms with Gasteiger partial charge in [-0.1, -0.05) is 0 Å². The fourth-order valence-corrected chi connectivity index (χ4v) is 3.82. The molecule has 22 heavy (non-hydrogen) atoms. The Morgan fingerprint density at radius 1 is 1.23 bits per heavy atom. The predicted molar refractivity (Wildman–Crippen MR) is 78.8 cm³/mol. The molecule has 8 nitrogen and oxygen atoms in total. The Morgan fingerprint density at radius 2 is 1.95 bits per heavy atom. The third kappa shape index (κ3) is 2.53. The lowest BCUT2D eigenvalue weighted by molar-refractivity contribution is 0.0697. The highest BCUT2D eigenvalue weighted by molar-refractivity contribution is 7.89. The second kappa shape index (κ2) is 5.58. The molecule has 0 unspecified atom stereocenters. The summed E-state index contributed by atoms with van der Waals surface area (Å²) >= 11 is 0. The number of carbonyl (C=O) groups excluding carboxylic acids is 1. The average molecular weight is 323 g/mol. The highest BCUT2D eigenvalue weighted by atomic mass is 32.2. The average Bonchev–Trinajstić information content (AvgIpc) is 3.18. The smallest absolute Gasteiger partial charge is 0.260 e. The van der Waals surface area contributed by atoms with Gasteiger partial charge in [0.05, 0.1) is 11.8 Å². The van der Waals surface area contributed by atoms with E-state index in [4.69, 9.17) is 0 Å². The van der Waals surface area contributed by atoms with Gasteiger partial charge in [0.15, 0.2) is 5.03 Å². The second-order valence-electron chi connectivity index (χ2n) is 5.17. The zero-order valence-corrected chi connectivity index (χ0v) is 12.9. The molecule has 1 saturated heterocycles. The van der Waals surface area contributed by atoms with Crippen LogP contribution in [0.25, 0.3) is 0 Å². The van der Waals surface area contributed by atoms with E-state index in [9.17, 15) is 13.2 Å². The molecule has 9 heteroatoms. The molecule has 1 aliphatic heterocycles. The Hall–Kier alpha value is -2.13. The number of piperazine rings is 1. The standard InChI is InChI=1S/C13H17N5O3S/c1-10-8-14-9-11(10)13(19)17-4-6-18(7-5-17)22(20,21)12-2-3-15-16-12/h2-3,8-9,14H,4-7H2,1H3,(H,15,16). The van der Waals surface area contributed by atoms with Gasteiger partial charge in [-0.2, -0.15) is 9.40 Å². The Kier molecular flexibility index (Phi) is 3.75. The highest BCUT2D eigenvalue weighted by Gasteiger charge is 2.31. The van der Waals surface area contributed by atoms with Crippen LogP contribution in [0.2, 0.25) is 0 Å². The van der Waals surface area contributed by atoms with Crippen LogP contribution in [0.15, 0.2) is 29.7 Å². The van der Waals surface area contributed by atoms with Crippen molar-refractivity contribution in [3.05, 3.63) is 35.8 Å². The van der Waals surface area contributed by atoms with Crippen molar-refractivity contribution in [2.45, 2.75) is 11.9 Å². The quantitative estimate of drug-likeness (QED) is 0.842. The van der Waals surface area contributed by atoms with E-state index >= 15 is 0 Å². The molecular formula is C13H17N5O3S. The molecule has 2 aromatic rings. The van der Waals surface area contributed by atoms with E-state index in [0.717, 1.165) is 5.56 Å². The Labute approximate surface area is 128 Å². The zero-order chi connectivity index (χ0) is 15.7. The predicted octanol–water partition coefficient (Wildman–Crippen LogP) is 0.193. The van der Waals surface area contributed by atoms with Gasteiger partial charge in [-0.25, -0.2) is 8.42 Å². The largest absolute Gasteiger partial charge is 0.367 e. The Bertz CT molecular complexity index is 757. The molecule has 2 N–H and O–H groups in total. The number of nitrogens with one attached hydrogen (secondary N) is 2. The minimum Gasteiger partial charge on any atom is -0.367 e. The van der Waals surface area contributed by atoms with Crippen LogP contribution in [0, 0.1) is 6.92 Å². The van der Waals surface area contributed by atoms with Crippen molar-refractivity contribution in [2.75, 3.05) is 26.2 Å². The molecule has 3 rings (SSSR count). The van der Waals surface area contributed by atoms with Crippen molar-refractivity contribution < 1.29 is 13.2 Å². The summed E-state index contributed by atoms with van der Waals surface area (Å²) in [5, 5.41) is 6.22. The van der Waals surface area contributed by atoms with Crippen LogP contribution in [0.3, 0.4) is 0 Å². The van der Waals surface area contributed by atoms with Gasteiger partial charge in [-0.05, 0) is 18.6 Å². The van der Waals surface area contributed by atoms with Crippen LogP contribution in [0.1, 0.15) is 15.9 Å². The summed E-state index contributed by atoms with van der Waals surface area (Å²) < 4.78 is 26.1. The van der Waals surface area contributed by atoms with E-state index in [1.807, 2.05) is 6.92 Å². The first-order valence-corrected chi connectivity index (χ1v) is 8.36. The number of sulfonamides is 1. The molecule has 0 aliphatic carbocycles. The van der Waals surface area contributed by atoms with Crippen molar-refractivity contribution in [1.82, 2.24) is 24.4 Å². The maximum atomic E-state index is 12.4. The van der Waals surface area contributed by atoms with E-state index in [-0.39, 0.29) is 24.0 Å². The van der Waals surface area contributed by atoms with Crippen molar-refractivity contribution in [3.8, 4) is 0 Å². The summed E-state index contributed by atoms with van der Waals surface area (Å²) in [4.78, 5) is 17.0. The van der Waals surface area contributed by atoms with Crippen LogP contribution in [0.5, 0.6) is 0 Å². The van der Waals surface area contributed by atoms with Crippen LogP contribution in [-0.2, 0) is 10.0 Å². The minimum absolute atomic E-state index is 0.0719. The van der Waals surface area contributed by atoms with Crippen LogP contribution >= 0.6 is 0 Å². The van der Waals surface area contributed by atoms with Gasteiger partial charge in [0.25, 0.3) is 15.9 Å². The number of carbonyl (C=O) groups is 1. The van der Waals surface area contributed by atoms with E-state index in [2.05, 4.69) is 15.2 Å². The lowest BCUT2D eigenvalue weighted by atomic mass is 10.2. The number of hydrogen-bond donors (Lipinski definition) is 2. The number of aromatic amines is 2. The van der Waals surface area contributed by atoms with Gasteiger partial charge < -0.3 is 9.88 Å². The van der Waals surface area contributed by atoms with E-state index in [1.165, 1.54) is 16.6 Å². The lowest BCUT2D eigenvalue weighted by Gasteiger charge is -2.33. The molecule has 2 aromatic heterocycles. The Morgan fingerprint density at radius 3 is 2.50 bits per heavy atom. The van der Waals surface area contributed by atoms with Gasteiger partial charge in [-0.15, -0.1) is 0 Å². The Balaban J connectivity index is 1.68. The van der Waals surface area contributed by atoms with Crippen LogP contribution < -0.4 is 0 Å². The van der Waals surface area contributed by atoms with Crippen molar-refractivity contribution in [2.24, 2.45) is 0 Å². The number of aromatic nitrogens is 3. The number of rotatable bonds is 3. The molecule has 118 valence electrons. The molecule has 0 atom stereocenters. The molecule has 0 aromatic carbocycles. The van der Waals surface area contributed by atoms with E-state index in [1.54, 1.807) is 17.3 Å². The third-order valence-corrected chi connectivity index (χ3v) is 5.63. The van der Waals surface area contributed by atoms with E-state index < -0.39 is 10.0 Å². The number of hydrogen-bond acceptors (Lipinski definition) is 4. The van der Waals surface area contributed by atoms with Crippen molar-refractivity contribution in [3.63, 3.8) is 0 Å². The maximum Gasteiger partial charge on any atom is 0.260 e. The number of nitrogens with zero attached hydrogens (tertiary/aromatic N) is 3. The second-order valence-corrected chi connectivity index (χ2v) is 7.08. The number of amides is 1. The molecule has 0 spiro atoms. The van der Waals surface area contributed by atoms with Gasteiger partial charge in [-0.3, -0.25) is 9.89 Å². The molecule has 3 heterocycles.